The number of aryl methyl sites for hydroxylation is 1. The number of rotatable bonds is 4. The Morgan fingerprint density at radius 3 is 2.60 bits per heavy atom. The number of halogens is 2. The van der Waals surface area contributed by atoms with E-state index in [1.807, 2.05) is 0 Å². The van der Waals surface area contributed by atoms with Crippen molar-refractivity contribution < 1.29 is 14.3 Å². The number of fused-ring (bicyclic) bond motifs is 3. The van der Waals surface area contributed by atoms with Gasteiger partial charge in [-0.15, -0.1) is 0 Å². The molecule has 1 aliphatic heterocycles. The maximum absolute atomic E-state index is 13.0. The maximum Gasteiger partial charge on any atom is 0.352 e. The molecule has 30 heavy (non-hydrogen) atoms. The smallest absolute Gasteiger partial charge is 0.352 e. The molecule has 1 aromatic heterocycles. The number of hydrogen-bond acceptors (Lipinski definition) is 6. The molecule has 3 N–H and O–H groups in total. The lowest BCUT2D eigenvalue weighted by molar-refractivity contribution is -0.148. The molecular weight excluding hydrogens is 429 g/mol. The third-order valence-electron chi connectivity index (χ3n) is 4.89. The standard InChI is InChI=1S/C20H19Cl2N5O3/c1-4-30-18(29)20(2)25-12-8-9-13-16(14(12)17(28)26-20)27(3)19(23-13)24-15-10(21)6-5-7-11(15)22/h5-9,25H,4H2,1-3H3,(H,23,24)(H,26,28). The second kappa shape index (κ2) is 7.37. The van der Waals surface area contributed by atoms with E-state index in [9.17, 15) is 9.59 Å². The molecule has 3 aromatic rings. The fourth-order valence-electron chi connectivity index (χ4n) is 3.45. The van der Waals surface area contributed by atoms with Crippen LogP contribution in [0.25, 0.3) is 11.0 Å². The largest absolute Gasteiger partial charge is 0.463 e. The molecule has 0 fully saturated rings. The zero-order chi connectivity index (χ0) is 21.6. The topological polar surface area (TPSA) is 97.3 Å². The molecule has 0 bridgehead atoms. The number of hydrogen-bond donors (Lipinski definition) is 3. The summed E-state index contributed by atoms with van der Waals surface area (Å²) in [5, 5.41) is 9.80. The van der Waals surface area contributed by atoms with Crippen molar-refractivity contribution in [3.63, 3.8) is 0 Å². The summed E-state index contributed by atoms with van der Waals surface area (Å²) in [6.07, 6.45) is 0. The molecule has 1 unspecified atom stereocenters. The number of amides is 1. The first kappa shape index (κ1) is 20.3. The molecule has 1 amide bonds. The van der Waals surface area contributed by atoms with Gasteiger partial charge in [0.1, 0.15) is 0 Å². The van der Waals surface area contributed by atoms with Gasteiger partial charge in [0.05, 0.1) is 44.6 Å². The molecule has 0 saturated carbocycles. The Balaban J connectivity index is 1.79. The second-order valence-electron chi connectivity index (χ2n) is 7.00. The van der Waals surface area contributed by atoms with Crippen LogP contribution in [0.3, 0.4) is 0 Å². The zero-order valence-electron chi connectivity index (χ0n) is 16.5. The van der Waals surface area contributed by atoms with Gasteiger partial charge in [0.2, 0.25) is 11.6 Å². The number of imidazole rings is 1. The number of nitrogens with one attached hydrogen (secondary N) is 3. The van der Waals surface area contributed by atoms with Gasteiger partial charge in [-0.2, -0.15) is 0 Å². The zero-order valence-corrected chi connectivity index (χ0v) is 18.0. The molecule has 2 aromatic carbocycles. The first-order valence-electron chi connectivity index (χ1n) is 9.23. The number of esters is 1. The minimum atomic E-state index is -1.36. The highest BCUT2D eigenvalue weighted by Crippen LogP contribution is 2.36. The van der Waals surface area contributed by atoms with Gasteiger partial charge in [0.15, 0.2) is 0 Å². The van der Waals surface area contributed by atoms with Crippen LogP contribution >= 0.6 is 23.2 Å². The fraction of sp³-hybridized carbons (Fsp3) is 0.250. The number of nitrogens with zero attached hydrogens (tertiary/aromatic N) is 2. The van der Waals surface area contributed by atoms with Gasteiger partial charge in [-0.3, -0.25) is 4.79 Å². The third-order valence-corrected chi connectivity index (χ3v) is 5.52. The summed E-state index contributed by atoms with van der Waals surface area (Å²) < 4.78 is 6.82. The van der Waals surface area contributed by atoms with E-state index in [4.69, 9.17) is 27.9 Å². The number of aromatic nitrogens is 2. The third kappa shape index (κ3) is 3.22. The molecule has 0 radical (unpaired) electrons. The Labute approximate surface area is 182 Å². The monoisotopic (exact) mass is 447 g/mol. The van der Waals surface area contributed by atoms with Crippen molar-refractivity contribution in [2.24, 2.45) is 7.05 Å². The predicted molar refractivity (Wildman–Crippen MR) is 117 cm³/mol. The minimum Gasteiger partial charge on any atom is -0.463 e. The Morgan fingerprint density at radius 1 is 1.23 bits per heavy atom. The quantitative estimate of drug-likeness (QED) is 0.521. The molecule has 0 aliphatic carbocycles. The highest BCUT2D eigenvalue weighted by Gasteiger charge is 2.42. The normalized spacial score (nSPS) is 17.8. The lowest BCUT2D eigenvalue weighted by Gasteiger charge is -2.35. The molecule has 0 saturated heterocycles. The van der Waals surface area contributed by atoms with Crippen LogP contribution in [0.5, 0.6) is 0 Å². The number of anilines is 3. The first-order valence-corrected chi connectivity index (χ1v) is 9.99. The van der Waals surface area contributed by atoms with Crippen molar-refractivity contribution in [1.29, 1.82) is 0 Å². The molecule has 156 valence electrons. The maximum atomic E-state index is 13.0. The summed E-state index contributed by atoms with van der Waals surface area (Å²) in [5.41, 5.74) is 1.23. The van der Waals surface area contributed by atoms with E-state index in [2.05, 4.69) is 20.9 Å². The van der Waals surface area contributed by atoms with Crippen molar-refractivity contribution in [3.05, 3.63) is 45.9 Å². The molecule has 1 aliphatic rings. The number of benzene rings is 2. The molecular formula is C20H19Cl2N5O3. The van der Waals surface area contributed by atoms with Crippen molar-refractivity contribution >= 4 is 63.4 Å². The lowest BCUT2D eigenvalue weighted by Crippen LogP contribution is -2.61. The van der Waals surface area contributed by atoms with Gasteiger partial charge in [-0.05, 0) is 38.1 Å². The second-order valence-corrected chi connectivity index (χ2v) is 7.81. The van der Waals surface area contributed by atoms with E-state index in [0.29, 0.717) is 44.0 Å². The van der Waals surface area contributed by atoms with E-state index < -0.39 is 17.5 Å². The highest BCUT2D eigenvalue weighted by molar-refractivity contribution is 6.39. The van der Waals surface area contributed by atoms with Crippen LogP contribution < -0.4 is 16.0 Å². The molecule has 1 atom stereocenters. The van der Waals surface area contributed by atoms with Gasteiger partial charge in [-0.25, -0.2) is 9.78 Å². The van der Waals surface area contributed by atoms with Crippen molar-refractivity contribution in [2.45, 2.75) is 19.5 Å². The van der Waals surface area contributed by atoms with Crippen molar-refractivity contribution in [2.75, 3.05) is 17.2 Å². The van der Waals surface area contributed by atoms with E-state index in [0.717, 1.165) is 0 Å². The number of ether oxygens (including phenoxy) is 1. The van der Waals surface area contributed by atoms with Crippen LogP contribution in [0.4, 0.5) is 17.3 Å². The van der Waals surface area contributed by atoms with Gasteiger partial charge in [0, 0.05) is 7.05 Å². The van der Waals surface area contributed by atoms with E-state index in [1.165, 1.54) is 0 Å². The van der Waals surface area contributed by atoms with E-state index >= 15 is 0 Å². The summed E-state index contributed by atoms with van der Waals surface area (Å²) >= 11 is 12.5. The first-order chi connectivity index (χ1) is 14.2. The molecule has 2 heterocycles. The van der Waals surface area contributed by atoms with Crippen LogP contribution in [0.1, 0.15) is 24.2 Å². The average molecular weight is 448 g/mol. The summed E-state index contributed by atoms with van der Waals surface area (Å²) in [6.45, 7) is 3.48. The summed E-state index contributed by atoms with van der Waals surface area (Å²) in [4.78, 5) is 29.9. The van der Waals surface area contributed by atoms with Crippen LogP contribution in [0.15, 0.2) is 30.3 Å². The lowest BCUT2D eigenvalue weighted by atomic mass is 10.0. The van der Waals surface area contributed by atoms with E-state index in [1.54, 1.807) is 55.8 Å². The van der Waals surface area contributed by atoms with Gasteiger partial charge in [0.25, 0.3) is 5.91 Å². The van der Waals surface area contributed by atoms with E-state index in [-0.39, 0.29) is 6.61 Å². The summed E-state index contributed by atoms with van der Waals surface area (Å²) in [7, 11) is 1.77. The Bertz CT molecular complexity index is 1170. The Morgan fingerprint density at radius 2 is 1.93 bits per heavy atom. The number of para-hydroxylation sites is 1. The summed E-state index contributed by atoms with van der Waals surface area (Å²) in [6, 6.07) is 8.66. The molecule has 4 rings (SSSR count). The minimum absolute atomic E-state index is 0.208. The Hall–Kier alpha value is -2.97. The van der Waals surface area contributed by atoms with Crippen molar-refractivity contribution in [3.8, 4) is 0 Å². The predicted octanol–water partition coefficient (Wildman–Crippen LogP) is 4.06. The van der Waals surface area contributed by atoms with Crippen molar-refractivity contribution in [1.82, 2.24) is 14.9 Å². The molecule has 0 spiro atoms. The van der Waals surface area contributed by atoms with Crippen LogP contribution in [-0.4, -0.2) is 33.7 Å². The molecule has 8 nitrogen and oxygen atoms in total. The number of carbonyl (C=O) groups is 2. The fourth-order valence-corrected chi connectivity index (χ4v) is 3.94. The highest BCUT2D eigenvalue weighted by atomic mass is 35.5. The Kier molecular flexibility index (Phi) is 4.99. The van der Waals surface area contributed by atoms with Gasteiger partial charge in [-0.1, -0.05) is 29.3 Å². The molecule has 10 heteroatoms. The average Bonchev–Trinajstić information content (AvgIpc) is 3.00. The summed E-state index contributed by atoms with van der Waals surface area (Å²) in [5.74, 6) is -0.514. The van der Waals surface area contributed by atoms with Crippen LogP contribution in [0, 0.1) is 0 Å². The van der Waals surface area contributed by atoms with Gasteiger partial charge < -0.3 is 25.3 Å². The SMILES string of the molecule is CCOC(=O)C1(C)NC(=O)c2c(ccc3nc(Nc4c(Cl)cccc4Cl)n(C)c23)N1. The van der Waals surface area contributed by atoms with Crippen LogP contribution in [0.2, 0.25) is 10.0 Å². The van der Waals surface area contributed by atoms with Gasteiger partial charge >= 0.3 is 5.97 Å². The van der Waals surface area contributed by atoms with Crippen LogP contribution in [-0.2, 0) is 16.6 Å². The number of carbonyl (C=O) groups excluding carboxylic acids is 2.